The normalized spacial score (nSPS) is 22.3. The van der Waals surface area contributed by atoms with Crippen LogP contribution in [-0.4, -0.2) is 24.7 Å². The van der Waals surface area contributed by atoms with Crippen molar-refractivity contribution < 1.29 is 9.53 Å². The number of nitrogen functional groups attached to an aromatic ring is 1. The van der Waals surface area contributed by atoms with Gasteiger partial charge in [0.25, 0.3) is 5.91 Å². The number of hydrogen-bond donors (Lipinski definition) is 2. The lowest BCUT2D eigenvalue weighted by Gasteiger charge is -2.15. The summed E-state index contributed by atoms with van der Waals surface area (Å²) in [5.41, 5.74) is 6.59. The molecule has 1 aliphatic rings. The van der Waals surface area contributed by atoms with Gasteiger partial charge in [-0.25, -0.2) is 0 Å². The number of halogens is 1. The minimum absolute atomic E-state index is 0.0454. The third kappa shape index (κ3) is 2.37. The molecule has 6 heteroatoms. The van der Waals surface area contributed by atoms with Gasteiger partial charge < -0.3 is 15.8 Å². The minimum Gasteiger partial charge on any atom is -0.397 e. The zero-order chi connectivity index (χ0) is 14.3. The number of thiophene rings is 1. The molecule has 20 heavy (non-hydrogen) atoms. The van der Waals surface area contributed by atoms with E-state index in [0.29, 0.717) is 22.2 Å². The molecule has 0 spiro atoms. The Hall–Kier alpha value is -1.30. The predicted molar refractivity (Wildman–Crippen MR) is 82.5 cm³/mol. The van der Waals surface area contributed by atoms with E-state index in [4.69, 9.17) is 22.1 Å². The summed E-state index contributed by atoms with van der Waals surface area (Å²) in [5, 5.41) is 4.51. The van der Waals surface area contributed by atoms with Crippen LogP contribution in [0.25, 0.3) is 10.1 Å². The number of fused-ring (bicyclic) bond motifs is 1. The number of anilines is 1. The predicted octanol–water partition coefficient (Wildman–Crippen LogP) is 3.04. The molecular weight excluding hydrogens is 296 g/mol. The molecule has 2 aromatic rings. The molecule has 2 heterocycles. The lowest BCUT2D eigenvalue weighted by Crippen LogP contribution is -2.39. The Bertz CT molecular complexity index is 670. The van der Waals surface area contributed by atoms with E-state index >= 15 is 0 Å². The van der Waals surface area contributed by atoms with Crippen LogP contribution in [0.1, 0.15) is 23.0 Å². The molecule has 3 rings (SSSR count). The van der Waals surface area contributed by atoms with Gasteiger partial charge in [0.2, 0.25) is 0 Å². The van der Waals surface area contributed by atoms with Gasteiger partial charge in [-0.1, -0.05) is 11.6 Å². The number of rotatable bonds is 2. The van der Waals surface area contributed by atoms with E-state index in [-0.39, 0.29) is 18.1 Å². The molecule has 2 unspecified atom stereocenters. The third-order valence-electron chi connectivity index (χ3n) is 3.59. The van der Waals surface area contributed by atoms with Crippen LogP contribution in [0.5, 0.6) is 0 Å². The lowest BCUT2D eigenvalue weighted by molar-refractivity contribution is 0.0870. The van der Waals surface area contributed by atoms with Gasteiger partial charge in [0.1, 0.15) is 4.88 Å². The SMILES string of the molecule is CC1OCCC1NC(=O)c1sc2cc(Cl)ccc2c1N. The Morgan fingerprint density at radius 3 is 3.05 bits per heavy atom. The average Bonchev–Trinajstić information content (AvgIpc) is 2.94. The first kappa shape index (κ1) is 13.7. The van der Waals surface area contributed by atoms with Crippen molar-refractivity contribution >= 4 is 44.6 Å². The van der Waals surface area contributed by atoms with Gasteiger partial charge in [-0.2, -0.15) is 0 Å². The van der Waals surface area contributed by atoms with E-state index in [9.17, 15) is 4.79 Å². The summed E-state index contributed by atoms with van der Waals surface area (Å²) < 4.78 is 6.37. The Balaban J connectivity index is 1.89. The first-order valence-electron chi connectivity index (χ1n) is 6.46. The first-order valence-corrected chi connectivity index (χ1v) is 7.65. The summed E-state index contributed by atoms with van der Waals surface area (Å²) in [6, 6.07) is 5.51. The maximum absolute atomic E-state index is 12.4. The van der Waals surface area contributed by atoms with Gasteiger partial charge in [-0.15, -0.1) is 11.3 Å². The molecule has 4 nitrogen and oxygen atoms in total. The van der Waals surface area contributed by atoms with E-state index in [2.05, 4.69) is 5.32 Å². The molecule has 1 amide bonds. The smallest absolute Gasteiger partial charge is 0.263 e. The Labute approximate surface area is 125 Å². The summed E-state index contributed by atoms with van der Waals surface area (Å²) in [4.78, 5) is 12.9. The molecule has 2 atom stereocenters. The number of carbonyl (C=O) groups excluding carboxylic acids is 1. The van der Waals surface area contributed by atoms with Crippen LogP contribution >= 0.6 is 22.9 Å². The molecule has 0 saturated carbocycles. The van der Waals surface area contributed by atoms with Gasteiger partial charge in [-0.05, 0) is 31.5 Å². The second-order valence-corrected chi connectivity index (χ2v) is 6.42. The molecule has 0 bridgehead atoms. The number of hydrogen-bond acceptors (Lipinski definition) is 4. The van der Waals surface area contributed by atoms with Gasteiger partial charge in [0.05, 0.1) is 17.8 Å². The quantitative estimate of drug-likeness (QED) is 0.896. The average molecular weight is 311 g/mol. The molecule has 1 aliphatic heterocycles. The van der Waals surface area contributed by atoms with E-state index < -0.39 is 0 Å². The maximum atomic E-state index is 12.4. The summed E-state index contributed by atoms with van der Waals surface area (Å²) in [6.45, 7) is 2.65. The summed E-state index contributed by atoms with van der Waals surface area (Å²) >= 11 is 7.33. The van der Waals surface area contributed by atoms with Crippen molar-refractivity contribution in [1.82, 2.24) is 5.32 Å². The molecule has 0 aliphatic carbocycles. The van der Waals surface area contributed by atoms with Crippen LogP contribution in [0.15, 0.2) is 18.2 Å². The van der Waals surface area contributed by atoms with Crippen molar-refractivity contribution in [1.29, 1.82) is 0 Å². The van der Waals surface area contributed by atoms with E-state index in [1.807, 2.05) is 19.1 Å². The van der Waals surface area contributed by atoms with Crippen molar-refractivity contribution in [2.45, 2.75) is 25.5 Å². The number of carbonyl (C=O) groups is 1. The van der Waals surface area contributed by atoms with Crippen molar-refractivity contribution in [3.05, 3.63) is 28.1 Å². The van der Waals surface area contributed by atoms with Gasteiger partial charge in [-0.3, -0.25) is 4.79 Å². The molecule has 1 aromatic heterocycles. The number of amides is 1. The highest BCUT2D eigenvalue weighted by atomic mass is 35.5. The second kappa shape index (κ2) is 5.24. The monoisotopic (exact) mass is 310 g/mol. The fraction of sp³-hybridized carbons (Fsp3) is 0.357. The number of nitrogens with one attached hydrogen (secondary N) is 1. The van der Waals surface area contributed by atoms with Crippen LogP contribution < -0.4 is 11.1 Å². The van der Waals surface area contributed by atoms with Crippen LogP contribution in [0.3, 0.4) is 0 Å². The van der Waals surface area contributed by atoms with Crippen LogP contribution in [0.4, 0.5) is 5.69 Å². The van der Waals surface area contributed by atoms with Crippen LogP contribution in [0.2, 0.25) is 5.02 Å². The zero-order valence-corrected chi connectivity index (χ0v) is 12.6. The Morgan fingerprint density at radius 1 is 1.55 bits per heavy atom. The fourth-order valence-corrected chi connectivity index (χ4v) is 3.72. The van der Waals surface area contributed by atoms with E-state index in [1.54, 1.807) is 6.07 Å². The van der Waals surface area contributed by atoms with Gasteiger partial charge in [0.15, 0.2) is 0 Å². The van der Waals surface area contributed by atoms with Crippen molar-refractivity contribution in [3.8, 4) is 0 Å². The molecular formula is C14H15ClN2O2S. The van der Waals surface area contributed by atoms with Crippen molar-refractivity contribution in [3.63, 3.8) is 0 Å². The largest absolute Gasteiger partial charge is 0.397 e. The lowest BCUT2D eigenvalue weighted by atomic mass is 10.1. The number of nitrogens with two attached hydrogens (primary N) is 1. The topological polar surface area (TPSA) is 64.3 Å². The maximum Gasteiger partial charge on any atom is 0.263 e. The first-order chi connectivity index (χ1) is 9.56. The number of benzene rings is 1. The second-order valence-electron chi connectivity index (χ2n) is 4.93. The van der Waals surface area contributed by atoms with Crippen LogP contribution in [0, 0.1) is 0 Å². The number of ether oxygens (including phenoxy) is 1. The van der Waals surface area contributed by atoms with E-state index in [0.717, 1.165) is 16.5 Å². The van der Waals surface area contributed by atoms with Gasteiger partial charge in [0, 0.05) is 21.7 Å². The highest BCUT2D eigenvalue weighted by molar-refractivity contribution is 7.21. The molecule has 1 fully saturated rings. The summed E-state index contributed by atoms with van der Waals surface area (Å²) in [7, 11) is 0. The molecule has 1 aromatic carbocycles. The van der Waals surface area contributed by atoms with E-state index in [1.165, 1.54) is 11.3 Å². The van der Waals surface area contributed by atoms with Crippen molar-refractivity contribution in [2.75, 3.05) is 12.3 Å². The fourth-order valence-electron chi connectivity index (χ4n) is 2.41. The highest BCUT2D eigenvalue weighted by Crippen LogP contribution is 2.35. The molecule has 106 valence electrons. The summed E-state index contributed by atoms with van der Waals surface area (Å²) in [5.74, 6) is -0.137. The highest BCUT2D eigenvalue weighted by Gasteiger charge is 2.27. The molecule has 0 radical (unpaired) electrons. The summed E-state index contributed by atoms with van der Waals surface area (Å²) in [6.07, 6.45) is 0.882. The van der Waals surface area contributed by atoms with Crippen molar-refractivity contribution in [2.24, 2.45) is 0 Å². The standard InChI is InChI=1S/C14H15ClN2O2S/c1-7-10(4-5-19-7)17-14(18)13-12(16)9-3-2-8(15)6-11(9)20-13/h2-3,6-7,10H,4-5,16H2,1H3,(H,17,18). The van der Waals surface area contributed by atoms with Crippen LogP contribution in [-0.2, 0) is 4.74 Å². The van der Waals surface area contributed by atoms with Gasteiger partial charge >= 0.3 is 0 Å². The third-order valence-corrected chi connectivity index (χ3v) is 4.99. The Morgan fingerprint density at radius 2 is 2.35 bits per heavy atom. The Kier molecular flexibility index (Phi) is 3.58. The molecule has 1 saturated heterocycles. The minimum atomic E-state index is -0.137. The zero-order valence-electron chi connectivity index (χ0n) is 11.0. The molecule has 3 N–H and O–H groups in total.